The quantitative estimate of drug-likeness (QED) is 0.707. The monoisotopic (exact) mass is 462 g/mol. The summed E-state index contributed by atoms with van der Waals surface area (Å²) in [4.78, 5) is 38.5. The number of carboxylic acids is 1. The summed E-state index contributed by atoms with van der Waals surface area (Å²) >= 11 is 0. The van der Waals surface area contributed by atoms with Crippen molar-refractivity contribution in [2.75, 3.05) is 26.3 Å². The smallest absolute Gasteiger partial charge is 0.407 e. The number of rotatable bonds is 5. The zero-order chi connectivity index (χ0) is 23.4. The molecule has 2 saturated heterocycles. The first-order chi connectivity index (χ1) is 16.5. The molecular formula is C26H26N2O6. The summed E-state index contributed by atoms with van der Waals surface area (Å²) in [7, 11) is 0. The Morgan fingerprint density at radius 3 is 2.24 bits per heavy atom. The van der Waals surface area contributed by atoms with Crippen LogP contribution in [0.5, 0.6) is 0 Å². The number of carbonyl (C=O) groups excluding carboxylic acids is 2. The SMILES string of the molecule is O=C(N[C@@H]1CCO[C@@H]1C(=O)N1C[C@@H]2C(C(=O)O)[C@@H]2C1)OCC1c2ccccc2-c2ccccc21. The molecule has 8 heteroatoms. The number of piperidine rings is 1. The third-order valence-corrected chi connectivity index (χ3v) is 7.77. The molecule has 0 aromatic heterocycles. The molecule has 1 saturated carbocycles. The van der Waals surface area contributed by atoms with Gasteiger partial charge in [0.05, 0.1) is 12.0 Å². The summed E-state index contributed by atoms with van der Waals surface area (Å²) in [6.07, 6.45) is -0.800. The third kappa shape index (κ3) is 3.44. The Hall–Kier alpha value is -3.39. The molecule has 34 heavy (non-hydrogen) atoms. The van der Waals surface area contributed by atoms with Crippen LogP contribution in [0.15, 0.2) is 48.5 Å². The summed E-state index contributed by atoms with van der Waals surface area (Å²) in [5.41, 5.74) is 4.61. The van der Waals surface area contributed by atoms with Gasteiger partial charge in [0.15, 0.2) is 6.10 Å². The molecular weight excluding hydrogens is 436 g/mol. The minimum absolute atomic E-state index is 0.0334. The van der Waals surface area contributed by atoms with E-state index in [1.807, 2.05) is 24.3 Å². The van der Waals surface area contributed by atoms with Gasteiger partial charge in [0.25, 0.3) is 5.91 Å². The minimum Gasteiger partial charge on any atom is -0.481 e. The van der Waals surface area contributed by atoms with Gasteiger partial charge in [-0.15, -0.1) is 0 Å². The van der Waals surface area contributed by atoms with Gasteiger partial charge in [0, 0.05) is 25.6 Å². The van der Waals surface area contributed by atoms with Crippen LogP contribution in [0, 0.1) is 17.8 Å². The van der Waals surface area contributed by atoms with Crippen molar-refractivity contribution in [1.82, 2.24) is 10.2 Å². The van der Waals surface area contributed by atoms with Gasteiger partial charge in [0.1, 0.15) is 6.61 Å². The number of carbonyl (C=O) groups is 3. The number of hydrogen-bond donors (Lipinski definition) is 2. The second-order valence-electron chi connectivity index (χ2n) is 9.59. The average molecular weight is 463 g/mol. The van der Waals surface area contributed by atoms with E-state index in [-0.39, 0.29) is 36.2 Å². The summed E-state index contributed by atoms with van der Waals surface area (Å²) < 4.78 is 11.3. The first kappa shape index (κ1) is 21.2. The predicted octanol–water partition coefficient (Wildman–Crippen LogP) is 2.47. The van der Waals surface area contributed by atoms with Gasteiger partial charge in [0.2, 0.25) is 0 Å². The molecule has 1 unspecified atom stereocenters. The summed E-state index contributed by atoms with van der Waals surface area (Å²) in [5.74, 6) is -1.25. The van der Waals surface area contributed by atoms with E-state index in [2.05, 4.69) is 29.6 Å². The highest BCUT2D eigenvalue weighted by Crippen LogP contribution is 2.52. The number of nitrogens with zero attached hydrogens (tertiary/aromatic N) is 1. The standard InChI is InChI=1S/C26H26N2O6/c29-24(28-11-18-19(12-28)22(18)25(30)31)23-21(9-10-33-23)27-26(32)34-13-20-16-7-3-1-5-14(16)15-6-2-4-8-17(15)20/h1-8,18-23H,9-13H2,(H,27,32)(H,30,31)/t18-,19+,21-,22?,23+/m1/s1. The molecule has 0 bridgehead atoms. The zero-order valence-electron chi connectivity index (χ0n) is 18.6. The van der Waals surface area contributed by atoms with E-state index in [0.717, 1.165) is 22.3 Å². The van der Waals surface area contributed by atoms with E-state index in [0.29, 0.717) is 26.1 Å². The number of likely N-dealkylation sites (tertiary alicyclic amines) is 1. The van der Waals surface area contributed by atoms with Gasteiger partial charge < -0.3 is 24.8 Å². The van der Waals surface area contributed by atoms with E-state index >= 15 is 0 Å². The normalized spacial score (nSPS) is 28.7. The minimum atomic E-state index is -0.783. The van der Waals surface area contributed by atoms with Crippen LogP contribution in [-0.2, 0) is 19.1 Å². The van der Waals surface area contributed by atoms with Crippen LogP contribution in [0.4, 0.5) is 4.79 Å². The molecule has 5 atom stereocenters. The van der Waals surface area contributed by atoms with Crippen molar-refractivity contribution in [3.63, 3.8) is 0 Å². The maximum atomic E-state index is 13.0. The second-order valence-corrected chi connectivity index (χ2v) is 9.59. The molecule has 2 amide bonds. The Labute approximate surface area is 196 Å². The van der Waals surface area contributed by atoms with Crippen molar-refractivity contribution in [3.8, 4) is 11.1 Å². The summed E-state index contributed by atoms with van der Waals surface area (Å²) in [5, 5.41) is 12.0. The topological polar surface area (TPSA) is 105 Å². The Bertz CT molecular complexity index is 1110. The molecule has 0 spiro atoms. The number of carboxylic acid groups (broad SMARTS) is 1. The molecule has 3 fully saturated rings. The van der Waals surface area contributed by atoms with Gasteiger partial charge in [-0.2, -0.15) is 0 Å². The Morgan fingerprint density at radius 1 is 1.00 bits per heavy atom. The van der Waals surface area contributed by atoms with Crippen molar-refractivity contribution in [3.05, 3.63) is 59.7 Å². The third-order valence-electron chi connectivity index (χ3n) is 7.77. The Kier molecular flexibility index (Phi) is 5.06. The molecule has 2 aliphatic heterocycles. The highest BCUT2D eigenvalue weighted by atomic mass is 16.6. The average Bonchev–Trinajstić information content (AvgIpc) is 3.19. The summed E-state index contributed by atoms with van der Waals surface area (Å²) in [6.45, 7) is 1.47. The summed E-state index contributed by atoms with van der Waals surface area (Å²) in [6, 6.07) is 15.8. The van der Waals surface area contributed by atoms with E-state index < -0.39 is 24.2 Å². The van der Waals surface area contributed by atoms with Crippen molar-refractivity contribution < 1.29 is 29.0 Å². The highest BCUT2D eigenvalue weighted by Gasteiger charge is 2.61. The maximum absolute atomic E-state index is 13.0. The number of hydrogen-bond acceptors (Lipinski definition) is 5. The Balaban J connectivity index is 1.06. The second kappa shape index (κ2) is 8.13. The predicted molar refractivity (Wildman–Crippen MR) is 121 cm³/mol. The van der Waals surface area contributed by atoms with E-state index in [9.17, 15) is 19.5 Å². The largest absolute Gasteiger partial charge is 0.481 e. The highest BCUT2D eigenvalue weighted by molar-refractivity contribution is 5.84. The first-order valence-corrected chi connectivity index (χ1v) is 11.8. The van der Waals surface area contributed by atoms with Gasteiger partial charge in [-0.3, -0.25) is 9.59 Å². The van der Waals surface area contributed by atoms with Gasteiger partial charge in [-0.1, -0.05) is 48.5 Å². The van der Waals surface area contributed by atoms with Crippen LogP contribution in [-0.4, -0.2) is 66.4 Å². The Morgan fingerprint density at radius 2 is 1.62 bits per heavy atom. The fraction of sp³-hybridized carbons (Fsp3) is 0.423. The first-order valence-electron chi connectivity index (χ1n) is 11.8. The van der Waals surface area contributed by atoms with E-state index in [4.69, 9.17) is 9.47 Å². The molecule has 8 nitrogen and oxygen atoms in total. The number of benzene rings is 2. The maximum Gasteiger partial charge on any atom is 0.407 e. The molecule has 2 N–H and O–H groups in total. The van der Waals surface area contributed by atoms with Crippen LogP contribution in [0.2, 0.25) is 0 Å². The molecule has 2 aromatic rings. The van der Waals surface area contributed by atoms with Crippen molar-refractivity contribution in [2.24, 2.45) is 17.8 Å². The zero-order valence-corrected chi connectivity index (χ0v) is 18.6. The van der Waals surface area contributed by atoms with Crippen LogP contribution in [0.25, 0.3) is 11.1 Å². The van der Waals surface area contributed by atoms with Crippen LogP contribution in [0.3, 0.4) is 0 Å². The van der Waals surface area contributed by atoms with Gasteiger partial charge in [-0.25, -0.2) is 4.79 Å². The van der Waals surface area contributed by atoms with Crippen LogP contribution >= 0.6 is 0 Å². The van der Waals surface area contributed by atoms with E-state index in [1.165, 1.54) is 0 Å². The number of nitrogens with one attached hydrogen (secondary N) is 1. The molecule has 4 aliphatic rings. The molecule has 2 heterocycles. The lowest BCUT2D eigenvalue weighted by atomic mass is 9.98. The molecule has 176 valence electrons. The van der Waals surface area contributed by atoms with Gasteiger partial charge >= 0.3 is 12.1 Å². The number of aliphatic carboxylic acids is 1. The lowest BCUT2D eigenvalue weighted by Crippen LogP contribution is -2.50. The van der Waals surface area contributed by atoms with Crippen molar-refractivity contribution >= 4 is 18.0 Å². The lowest BCUT2D eigenvalue weighted by Gasteiger charge is -2.26. The molecule has 2 aliphatic carbocycles. The lowest BCUT2D eigenvalue weighted by molar-refractivity contribution is -0.144. The van der Waals surface area contributed by atoms with Crippen molar-refractivity contribution in [2.45, 2.75) is 24.5 Å². The number of amides is 2. The van der Waals surface area contributed by atoms with E-state index in [1.54, 1.807) is 4.90 Å². The van der Waals surface area contributed by atoms with Crippen LogP contribution < -0.4 is 5.32 Å². The van der Waals surface area contributed by atoms with Crippen molar-refractivity contribution in [1.29, 1.82) is 0 Å². The van der Waals surface area contributed by atoms with Gasteiger partial charge in [-0.05, 0) is 40.5 Å². The number of alkyl carbamates (subject to hydrolysis) is 1. The fourth-order valence-corrected chi connectivity index (χ4v) is 6.02. The molecule has 0 radical (unpaired) electrons. The molecule has 2 aromatic carbocycles. The van der Waals surface area contributed by atoms with Crippen LogP contribution in [0.1, 0.15) is 23.5 Å². The molecule has 6 rings (SSSR count). The number of fused-ring (bicyclic) bond motifs is 4. The number of ether oxygens (including phenoxy) is 2. The fourth-order valence-electron chi connectivity index (χ4n) is 6.02.